The molecule has 86 valence electrons. The molecule has 0 spiro atoms. The van der Waals surface area contributed by atoms with Crippen molar-refractivity contribution in [3.8, 4) is 0 Å². The smallest absolute Gasteiger partial charge is 0.410 e. The van der Waals surface area contributed by atoms with E-state index in [1.807, 2.05) is 0 Å². The maximum Gasteiger partial charge on any atom is 0.410 e. The zero-order valence-electron chi connectivity index (χ0n) is 9.41. The third-order valence-electron chi connectivity index (χ3n) is 2.46. The Morgan fingerprint density at radius 1 is 1.27 bits per heavy atom. The van der Waals surface area contributed by atoms with Crippen molar-refractivity contribution in [2.75, 3.05) is 26.3 Å². The maximum absolute atomic E-state index is 11.6. The van der Waals surface area contributed by atoms with Gasteiger partial charge in [0.25, 0.3) is 0 Å². The highest BCUT2D eigenvalue weighted by molar-refractivity contribution is 5.86. The molecule has 5 nitrogen and oxygen atoms in total. The van der Waals surface area contributed by atoms with E-state index < -0.39 is 11.7 Å². The van der Waals surface area contributed by atoms with Gasteiger partial charge in [-0.3, -0.25) is 4.79 Å². The summed E-state index contributed by atoms with van der Waals surface area (Å²) in [4.78, 5) is 24.3. The summed E-state index contributed by atoms with van der Waals surface area (Å²) in [5.41, 5.74) is -1.05. The summed E-state index contributed by atoms with van der Waals surface area (Å²) in [6, 6.07) is 0. The van der Waals surface area contributed by atoms with Crippen LogP contribution in [0, 0.1) is 0 Å². The fraction of sp³-hybridized carbons (Fsp3) is 0.800. The molecule has 1 fully saturated rings. The SMILES string of the molecule is CC(=O)C(C)(C)OC(=O)N1CCOCC1. The highest BCUT2D eigenvalue weighted by Gasteiger charge is 2.31. The van der Waals surface area contributed by atoms with Crippen LogP contribution in [0.25, 0.3) is 0 Å². The zero-order chi connectivity index (χ0) is 11.5. The van der Waals surface area contributed by atoms with Crippen LogP contribution in [0.15, 0.2) is 0 Å². The van der Waals surface area contributed by atoms with Crippen molar-refractivity contribution in [1.82, 2.24) is 4.90 Å². The average Bonchev–Trinajstić information content (AvgIpc) is 2.18. The molecule has 0 atom stereocenters. The van der Waals surface area contributed by atoms with E-state index in [-0.39, 0.29) is 5.78 Å². The van der Waals surface area contributed by atoms with Crippen LogP contribution >= 0.6 is 0 Å². The van der Waals surface area contributed by atoms with Crippen molar-refractivity contribution in [2.45, 2.75) is 26.4 Å². The molecular formula is C10H17NO4. The number of rotatable bonds is 2. The van der Waals surface area contributed by atoms with Crippen molar-refractivity contribution in [3.05, 3.63) is 0 Å². The van der Waals surface area contributed by atoms with Gasteiger partial charge < -0.3 is 14.4 Å². The van der Waals surface area contributed by atoms with Gasteiger partial charge in [-0.25, -0.2) is 4.79 Å². The molecule has 0 aliphatic carbocycles. The number of ketones is 1. The van der Waals surface area contributed by atoms with Crippen LogP contribution in [0.4, 0.5) is 4.79 Å². The average molecular weight is 215 g/mol. The molecule has 0 unspecified atom stereocenters. The van der Waals surface area contributed by atoms with E-state index in [0.29, 0.717) is 26.3 Å². The van der Waals surface area contributed by atoms with E-state index in [4.69, 9.17) is 9.47 Å². The van der Waals surface area contributed by atoms with Gasteiger partial charge in [-0.15, -0.1) is 0 Å². The van der Waals surface area contributed by atoms with Crippen molar-refractivity contribution in [1.29, 1.82) is 0 Å². The summed E-state index contributed by atoms with van der Waals surface area (Å²) in [5, 5.41) is 0. The summed E-state index contributed by atoms with van der Waals surface area (Å²) in [6.45, 7) is 6.68. The van der Waals surface area contributed by atoms with Crippen LogP contribution in [0.5, 0.6) is 0 Å². The van der Waals surface area contributed by atoms with Gasteiger partial charge in [0.1, 0.15) is 0 Å². The number of Topliss-reactive ketones (excluding diaryl/α,β-unsaturated/α-hetero) is 1. The summed E-state index contributed by atoms with van der Waals surface area (Å²) in [7, 11) is 0. The second-order valence-corrected chi connectivity index (χ2v) is 4.03. The lowest BCUT2D eigenvalue weighted by atomic mass is 10.1. The first-order valence-electron chi connectivity index (χ1n) is 5.00. The highest BCUT2D eigenvalue weighted by atomic mass is 16.6. The first-order chi connectivity index (χ1) is 6.93. The summed E-state index contributed by atoms with van der Waals surface area (Å²) >= 11 is 0. The Labute approximate surface area is 89.3 Å². The lowest BCUT2D eigenvalue weighted by Crippen LogP contribution is -2.46. The molecule has 1 rings (SSSR count). The van der Waals surface area contributed by atoms with Gasteiger partial charge in [0, 0.05) is 13.1 Å². The molecule has 5 heteroatoms. The number of hydrogen-bond acceptors (Lipinski definition) is 4. The molecule has 0 saturated carbocycles. The molecule has 0 aromatic rings. The third-order valence-corrected chi connectivity index (χ3v) is 2.46. The van der Waals surface area contributed by atoms with Crippen molar-refractivity contribution >= 4 is 11.9 Å². The van der Waals surface area contributed by atoms with Crippen molar-refractivity contribution < 1.29 is 19.1 Å². The van der Waals surface area contributed by atoms with Crippen LogP contribution in [0.3, 0.4) is 0 Å². The third kappa shape index (κ3) is 3.20. The Kier molecular flexibility index (Phi) is 3.68. The number of nitrogens with zero attached hydrogens (tertiary/aromatic N) is 1. The van der Waals surface area contributed by atoms with Crippen LogP contribution < -0.4 is 0 Å². The quantitative estimate of drug-likeness (QED) is 0.684. The molecule has 0 bridgehead atoms. The largest absolute Gasteiger partial charge is 0.435 e. The van der Waals surface area contributed by atoms with Gasteiger partial charge in [-0.1, -0.05) is 0 Å². The van der Waals surface area contributed by atoms with E-state index in [9.17, 15) is 9.59 Å². The number of amides is 1. The van der Waals surface area contributed by atoms with E-state index in [1.165, 1.54) is 6.92 Å². The molecule has 0 radical (unpaired) electrons. The Morgan fingerprint density at radius 2 is 1.80 bits per heavy atom. The zero-order valence-corrected chi connectivity index (χ0v) is 9.41. The minimum absolute atomic E-state index is 0.163. The maximum atomic E-state index is 11.6. The van der Waals surface area contributed by atoms with Crippen LogP contribution in [0.2, 0.25) is 0 Å². The van der Waals surface area contributed by atoms with Crippen LogP contribution in [-0.4, -0.2) is 48.7 Å². The molecule has 1 aliphatic heterocycles. The number of morpholine rings is 1. The molecule has 1 saturated heterocycles. The Bertz CT molecular complexity index is 256. The molecule has 0 N–H and O–H groups in total. The highest BCUT2D eigenvalue weighted by Crippen LogP contribution is 2.13. The summed E-state index contributed by atoms with van der Waals surface area (Å²) in [5.74, 6) is -0.163. The fourth-order valence-electron chi connectivity index (χ4n) is 1.10. The van der Waals surface area contributed by atoms with Gasteiger partial charge >= 0.3 is 6.09 Å². The predicted octanol–water partition coefficient (Wildman–Crippen LogP) is 0.823. The van der Waals surface area contributed by atoms with Crippen molar-refractivity contribution in [2.24, 2.45) is 0 Å². The van der Waals surface area contributed by atoms with E-state index >= 15 is 0 Å². The molecule has 1 aliphatic rings. The van der Waals surface area contributed by atoms with Gasteiger partial charge in [0.2, 0.25) is 0 Å². The molecular weight excluding hydrogens is 198 g/mol. The Balaban J connectivity index is 2.50. The van der Waals surface area contributed by atoms with E-state index in [1.54, 1.807) is 18.7 Å². The lowest BCUT2D eigenvalue weighted by Gasteiger charge is -2.30. The Morgan fingerprint density at radius 3 is 2.27 bits per heavy atom. The standard InChI is InChI=1S/C10H17NO4/c1-8(12)10(2,3)15-9(13)11-4-6-14-7-5-11/h4-7H2,1-3H3. The van der Waals surface area contributed by atoms with E-state index in [2.05, 4.69) is 0 Å². The predicted molar refractivity (Wildman–Crippen MR) is 53.6 cm³/mol. The normalized spacial score (nSPS) is 17.4. The minimum atomic E-state index is -1.05. The molecule has 0 aromatic carbocycles. The lowest BCUT2D eigenvalue weighted by molar-refractivity contribution is -0.133. The number of hydrogen-bond donors (Lipinski definition) is 0. The van der Waals surface area contributed by atoms with Gasteiger partial charge in [-0.05, 0) is 20.8 Å². The first kappa shape index (κ1) is 12.0. The molecule has 0 aromatic heterocycles. The van der Waals surface area contributed by atoms with Gasteiger partial charge in [0.05, 0.1) is 13.2 Å². The first-order valence-corrected chi connectivity index (χ1v) is 5.00. The van der Waals surface area contributed by atoms with Crippen LogP contribution in [-0.2, 0) is 14.3 Å². The molecule has 1 amide bonds. The fourth-order valence-corrected chi connectivity index (χ4v) is 1.10. The molecule has 1 heterocycles. The van der Waals surface area contributed by atoms with Crippen molar-refractivity contribution in [3.63, 3.8) is 0 Å². The second kappa shape index (κ2) is 4.61. The monoisotopic (exact) mass is 215 g/mol. The second-order valence-electron chi connectivity index (χ2n) is 4.03. The van der Waals surface area contributed by atoms with Gasteiger partial charge in [0.15, 0.2) is 11.4 Å². The topological polar surface area (TPSA) is 55.8 Å². The minimum Gasteiger partial charge on any atom is -0.435 e. The summed E-state index contributed by atoms with van der Waals surface area (Å²) in [6.07, 6.45) is -0.446. The molecule has 15 heavy (non-hydrogen) atoms. The number of carbonyl (C=O) groups is 2. The number of carbonyl (C=O) groups excluding carboxylic acids is 2. The Hall–Kier alpha value is -1.10. The van der Waals surface area contributed by atoms with Crippen LogP contribution in [0.1, 0.15) is 20.8 Å². The van der Waals surface area contributed by atoms with Gasteiger partial charge in [-0.2, -0.15) is 0 Å². The number of ether oxygens (including phenoxy) is 2. The van der Waals surface area contributed by atoms with E-state index in [0.717, 1.165) is 0 Å². The summed E-state index contributed by atoms with van der Waals surface area (Å²) < 4.78 is 10.2.